The largest absolute Gasteiger partial charge is 0.465 e. The van der Waals surface area contributed by atoms with Gasteiger partial charge < -0.3 is 4.74 Å². The highest BCUT2D eigenvalue weighted by molar-refractivity contribution is 5.80. The minimum atomic E-state index is -0.0288. The highest BCUT2D eigenvalue weighted by Crippen LogP contribution is 2.57. The summed E-state index contributed by atoms with van der Waals surface area (Å²) in [6, 6.07) is 0. The molecule has 1 saturated heterocycles. The van der Waals surface area contributed by atoms with Crippen molar-refractivity contribution in [1.29, 1.82) is 0 Å². The van der Waals surface area contributed by atoms with E-state index in [2.05, 4.69) is 5.10 Å². The Morgan fingerprint density at radius 3 is 3.00 bits per heavy atom. The number of aryl methyl sites for hydroxylation is 1. The van der Waals surface area contributed by atoms with Crippen LogP contribution in [0.4, 0.5) is 0 Å². The SMILES string of the molecule is Cn1cc([C@@H]2[C@H]3COC(=O)[C@H]32)cn1. The summed E-state index contributed by atoms with van der Waals surface area (Å²) in [5.74, 6) is 0.912. The van der Waals surface area contributed by atoms with Crippen molar-refractivity contribution >= 4 is 5.97 Å². The molecule has 1 aromatic rings. The van der Waals surface area contributed by atoms with Gasteiger partial charge in [0.25, 0.3) is 0 Å². The smallest absolute Gasteiger partial charge is 0.310 e. The Labute approximate surface area is 75.5 Å². The number of hydrogen-bond donors (Lipinski definition) is 0. The molecule has 0 spiro atoms. The van der Waals surface area contributed by atoms with E-state index in [1.165, 1.54) is 5.56 Å². The summed E-state index contributed by atoms with van der Waals surface area (Å²) in [4.78, 5) is 11.2. The maximum absolute atomic E-state index is 11.2. The van der Waals surface area contributed by atoms with E-state index in [-0.39, 0.29) is 11.9 Å². The molecule has 2 fully saturated rings. The van der Waals surface area contributed by atoms with Crippen molar-refractivity contribution < 1.29 is 9.53 Å². The Morgan fingerprint density at radius 2 is 2.46 bits per heavy atom. The van der Waals surface area contributed by atoms with Crippen molar-refractivity contribution in [3.05, 3.63) is 18.0 Å². The Morgan fingerprint density at radius 1 is 1.62 bits per heavy atom. The average Bonchev–Trinajstić information content (AvgIpc) is 2.45. The summed E-state index contributed by atoms with van der Waals surface area (Å²) >= 11 is 0. The molecular formula is C9H10N2O2. The fourth-order valence-electron chi connectivity index (χ4n) is 2.24. The molecule has 0 bridgehead atoms. The minimum absolute atomic E-state index is 0.0288. The molecule has 4 heteroatoms. The summed E-state index contributed by atoms with van der Waals surface area (Å²) in [6.45, 7) is 0.600. The first-order valence-corrected chi connectivity index (χ1v) is 4.42. The molecule has 0 N–H and O–H groups in total. The van der Waals surface area contributed by atoms with E-state index in [0.717, 1.165) is 0 Å². The molecule has 0 unspecified atom stereocenters. The van der Waals surface area contributed by atoms with E-state index < -0.39 is 0 Å². The van der Waals surface area contributed by atoms with Gasteiger partial charge >= 0.3 is 5.97 Å². The van der Waals surface area contributed by atoms with Crippen molar-refractivity contribution in [2.24, 2.45) is 18.9 Å². The second-order valence-electron chi connectivity index (χ2n) is 3.79. The lowest BCUT2D eigenvalue weighted by Gasteiger charge is -1.99. The summed E-state index contributed by atoms with van der Waals surface area (Å²) in [5.41, 5.74) is 1.18. The standard InChI is InChI=1S/C9H10N2O2/c1-11-3-5(2-10-11)7-6-4-13-9(12)8(6)7/h2-3,6-8H,4H2,1H3/t6-,7-,8-/m1/s1. The van der Waals surface area contributed by atoms with Gasteiger partial charge in [0.05, 0.1) is 18.7 Å². The Kier molecular flexibility index (Phi) is 1.17. The molecule has 1 aliphatic carbocycles. The molecule has 4 nitrogen and oxygen atoms in total. The first-order valence-electron chi connectivity index (χ1n) is 4.42. The van der Waals surface area contributed by atoms with Crippen LogP contribution in [0.15, 0.2) is 12.4 Å². The first-order chi connectivity index (χ1) is 6.27. The van der Waals surface area contributed by atoms with Crippen LogP contribution in [0.5, 0.6) is 0 Å². The molecule has 1 aromatic heterocycles. The van der Waals surface area contributed by atoms with Crippen LogP contribution < -0.4 is 0 Å². The normalized spacial score (nSPS) is 35.8. The average molecular weight is 178 g/mol. The molecule has 3 atom stereocenters. The van der Waals surface area contributed by atoms with Crippen LogP contribution in [0.1, 0.15) is 11.5 Å². The third-order valence-electron chi connectivity index (χ3n) is 2.97. The molecule has 3 rings (SSSR count). The first kappa shape index (κ1) is 7.12. The molecule has 0 aromatic carbocycles. The molecule has 0 radical (unpaired) electrons. The lowest BCUT2D eigenvalue weighted by atomic mass is 10.2. The van der Waals surface area contributed by atoms with Gasteiger partial charge in [0.2, 0.25) is 0 Å². The van der Waals surface area contributed by atoms with E-state index in [1.54, 1.807) is 4.68 Å². The van der Waals surface area contributed by atoms with Crippen LogP contribution >= 0.6 is 0 Å². The van der Waals surface area contributed by atoms with Crippen molar-refractivity contribution in [2.75, 3.05) is 6.61 Å². The highest BCUT2D eigenvalue weighted by Gasteiger charge is 2.61. The fraction of sp³-hybridized carbons (Fsp3) is 0.556. The maximum atomic E-state index is 11.2. The van der Waals surface area contributed by atoms with Crippen LogP contribution in [0.25, 0.3) is 0 Å². The summed E-state index contributed by atoms with van der Waals surface area (Å²) in [6.07, 6.45) is 3.83. The van der Waals surface area contributed by atoms with Gasteiger partial charge in [-0.25, -0.2) is 0 Å². The van der Waals surface area contributed by atoms with E-state index in [0.29, 0.717) is 18.4 Å². The van der Waals surface area contributed by atoms with Gasteiger partial charge in [-0.15, -0.1) is 0 Å². The number of fused-ring (bicyclic) bond motifs is 1. The monoisotopic (exact) mass is 178 g/mol. The molecule has 2 aliphatic rings. The Bertz CT molecular complexity index is 371. The predicted octanol–water partition coefficient (Wildman–Crippen LogP) is 0.306. The number of aromatic nitrogens is 2. The van der Waals surface area contributed by atoms with Crippen molar-refractivity contribution in [3.8, 4) is 0 Å². The maximum Gasteiger partial charge on any atom is 0.310 e. The number of hydrogen-bond acceptors (Lipinski definition) is 3. The topological polar surface area (TPSA) is 44.1 Å². The van der Waals surface area contributed by atoms with Gasteiger partial charge in [0.1, 0.15) is 0 Å². The zero-order valence-corrected chi connectivity index (χ0v) is 7.30. The second kappa shape index (κ2) is 2.13. The van der Waals surface area contributed by atoms with Crippen LogP contribution in [-0.2, 0) is 16.6 Å². The number of nitrogens with zero attached hydrogens (tertiary/aromatic N) is 2. The summed E-state index contributed by atoms with van der Waals surface area (Å²) < 4.78 is 6.68. The van der Waals surface area contributed by atoms with Gasteiger partial charge in [-0.3, -0.25) is 9.48 Å². The number of esters is 1. The fourth-order valence-corrected chi connectivity index (χ4v) is 2.24. The number of cyclic esters (lactones) is 1. The van der Waals surface area contributed by atoms with Crippen molar-refractivity contribution in [2.45, 2.75) is 5.92 Å². The lowest BCUT2D eigenvalue weighted by molar-refractivity contribution is -0.141. The number of carbonyl (C=O) groups excluding carboxylic acids is 1. The summed E-state index contributed by atoms with van der Waals surface area (Å²) in [5, 5.41) is 4.09. The molecule has 1 aliphatic heterocycles. The number of carbonyl (C=O) groups is 1. The van der Waals surface area contributed by atoms with Crippen molar-refractivity contribution in [3.63, 3.8) is 0 Å². The molecule has 68 valence electrons. The predicted molar refractivity (Wildman–Crippen MR) is 43.9 cm³/mol. The van der Waals surface area contributed by atoms with Gasteiger partial charge in [-0.1, -0.05) is 0 Å². The van der Waals surface area contributed by atoms with Crippen LogP contribution in [0, 0.1) is 11.8 Å². The third kappa shape index (κ3) is 0.855. The van der Waals surface area contributed by atoms with E-state index in [9.17, 15) is 4.79 Å². The van der Waals surface area contributed by atoms with E-state index in [1.807, 2.05) is 19.4 Å². The molecule has 0 amide bonds. The Balaban J connectivity index is 1.87. The lowest BCUT2D eigenvalue weighted by Crippen LogP contribution is -2.03. The molecule has 2 heterocycles. The highest BCUT2D eigenvalue weighted by atomic mass is 16.5. The van der Waals surface area contributed by atoms with Crippen LogP contribution in [-0.4, -0.2) is 22.4 Å². The quantitative estimate of drug-likeness (QED) is 0.581. The van der Waals surface area contributed by atoms with Gasteiger partial charge in [0, 0.05) is 25.1 Å². The van der Waals surface area contributed by atoms with Crippen LogP contribution in [0.2, 0.25) is 0 Å². The van der Waals surface area contributed by atoms with E-state index in [4.69, 9.17) is 4.74 Å². The summed E-state index contributed by atoms with van der Waals surface area (Å²) in [7, 11) is 1.89. The number of rotatable bonds is 1. The second-order valence-corrected chi connectivity index (χ2v) is 3.79. The zero-order chi connectivity index (χ0) is 9.00. The molecule has 1 saturated carbocycles. The van der Waals surface area contributed by atoms with Gasteiger partial charge in [-0.2, -0.15) is 5.10 Å². The van der Waals surface area contributed by atoms with Gasteiger partial charge in [-0.05, 0) is 5.56 Å². The van der Waals surface area contributed by atoms with E-state index >= 15 is 0 Å². The van der Waals surface area contributed by atoms with Gasteiger partial charge in [0.15, 0.2) is 0 Å². The molecular weight excluding hydrogens is 168 g/mol. The van der Waals surface area contributed by atoms with Crippen LogP contribution in [0.3, 0.4) is 0 Å². The van der Waals surface area contributed by atoms with Crippen molar-refractivity contribution in [1.82, 2.24) is 9.78 Å². The minimum Gasteiger partial charge on any atom is -0.465 e. The zero-order valence-electron chi connectivity index (χ0n) is 7.30. The third-order valence-corrected chi connectivity index (χ3v) is 2.97. The Hall–Kier alpha value is -1.32. The number of ether oxygens (including phenoxy) is 1. The molecule has 13 heavy (non-hydrogen) atoms.